The molecule has 5 heteroatoms. The van der Waals surface area contributed by atoms with Crippen LogP contribution >= 0.6 is 0 Å². The number of nitrogens with one attached hydrogen (secondary N) is 1. The molecule has 3 atom stereocenters. The van der Waals surface area contributed by atoms with Crippen LogP contribution in [0, 0.1) is 11.8 Å². The van der Waals surface area contributed by atoms with Crippen molar-refractivity contribution < 1.29 is 17.9 Å². The highest BCUT2D eigenvalue weighted by Gasteiger charge is 2.46. The van der Waals surface area contributed by atoms with Crippen LogP contribution in [0.2, 0.25) is 0 Å². The zero-order valence-electron chi connectivity index (χ0n) is 11.8. The van der Waals surface area contributed by atoms with E-state index in [1.54, 1.807) is 0 Å². The first kappa shape index (κ1) is 14.6. The monoisotopic (exact) mass is 291 g/mol. The van der Waals surface area contributed by atoms with Crippen molar-refractivity contribution in [2.75, 3.05) is 13.2 Å². The molecule has 3 fully saturated rings. The predicted octanol–water partition coefficient (Wildman–Crippen LogP) is 3.66. The molecule has 0 amide bonds. The lowest BCUT2D eigenvalue weighted by Crippen LogP contribution is -2.50. The van der Waals surface area contributed by atoms with E-state index in [1.807, 2.05) is 0 Å². The molecule has 1 spiro atoms. The highest BCUT2D eigenvalue weighted by Crippen LogP contribution is 2.45. The summed E-state index contributed by atoms with van der Waals surface area (Å²) < 4.78 is 44.8. The Morgan fingerprint density at radius 2 is 1.85 bits per heavy atom. The van der Waals surface area contributed by atoms with Crippen molar-refractivity contribution in [2.24, 2.45) is 11.8 Å². The van der Waals surface area contributed by atoms with Gasteiger partial charge in [-0.25, -0.2) is 0 Å². The number of hydrogen-bond acceptors (Lipinski definition) is 2. The molecule has 2 aliphatic heterocycles. The molecule has 3 unspecified atom stereocenters. The van der Waals surface area contributed by atoms with Gasteiger partial charge in [-0.3, -0.25) is 0 Å². The van der Waals surface area contributed by atoms with Crippen LogP contribution < -0.4 is 5.32 Å². The fourth-order valence-corrected chi connectivity index (χ4v) is 4.38. The largest absolute Gasteiger partial charge is 0.391 e. The van der Waals surface area contributed by atoms with Gasteiger partial charge in [0.1, 0.15) is 0 Å². The quantitative estimate of drug-likeness (QED) is 0.796. The summed E-state index contributed by atoms with van der Waals surface area (Å²) in [5.74, 6) is -0.761. The van der Waals surface area contributed by atoms with Crippen molar-refractivity contribution in [3.8, 4) is 0 Å². The van der Waals surface area contributed by atoms with Gasteiger partial charge in [-0.1, -0.05) is 12.8 Å². The van der Waals surface area contributed by atoms with Crippen molar-refractivity contribution in [1.29, 1.82) is 0 Å². The van der Waals surface area contributed by atoms with Gasteiger partial charge in [0, 0.05) is 12.6 Å². The van der Waals surface area contributed by atoms with Crippen LogP contribution in [0.1, 0.15) is 51.4 Å². The van der Waals surface area contributed by atoms with E-state index in [1.165, 1.54) is 12.8 Å². The lowest BCUT2D eigenvalue weighted by Gasteiger charge is -2.44. The molecule has 3 rings (SSSR count). The fourth-order valence-electron chi connectivity index (χ4n) is 4.38. The number of halogens is 3. The fraction of sp³-hybridized carbons (Fsp3) is 1.00. The molecule has 1 N–H and O–H groups in total. The van der Waals surface area contributed by atoms with E-state index in [9.17, 15) is 13.2 Å². The zero-order valence-corrected chi connectivity index (χ0v) is 11.8. The first-order chi connectivity index (χ1) is 9.49. The average molecular weight is 291 g/mol. The van der Waals surface area contributed by atoms with Gasteiger partial charge in [0.15, 0.2) is 0 Å². The molecule has 116 valence electrons. The Morgan fingerprint density at radius 1 is 1.10 bits per heavy atom. The third-order valence-corrected chi connectivity index (χ3v) is 5.52. The topological polar surface area (TPSA) is 21.3 Å². The van der Waals surface area contributed by atoms with Gasteiger partial charge >= 0.3 is 6.18 Å². The molecular formula is C15H24F3NO. The Kier molecular flexibility index (Phi) is 4.01. The number of ether oxygens (including phenoxy) is 1. The molecule has 2 heterocycles. The maximum atomic E-state index is 12.9. The molecule has 3 aliphatic rings. The molecule has 0 aromatic carbocycles. The van der Waals surface area contributed by atoms with Crippen molar-refractivity contribution in [3.05, 3.63) is 0 Å². The molecule has 20 heavy (non-hydrogen) atoms. The molecule has 2 saturated heterocycles. The van der Waals surface area contributed by atoms with Crippen LogP contribution in [0.25, 0.3) is 0 Å². The Bertz CT molecular complexity index is 339. The molecule has 2 nitrogen and oxygen atoms in total. The lowest BCUT2D eigenvalue weighted by atomic mass is 9.76. The smallest absolute Gasteiger partial charge is 0.375 e. The van der Waals surface area contributed by atoms with Crippen LogP contribution in [0.15, 0.2) is 0 Å². The molecule has 0 bridgehead atoms. The summed E-state index contributed by atoms with van der Waals surface area (Å²) in [6.45, 7) is 1.22. The third-order valence-electron chi connectivity index (χ3n) is 5.52. The van der Waals surface area contributed by atoms with E-state index >= 15 is 0 Å². The second-order valence-electron chi connectivity index (χ2n) is 6.81. The summed E-state index contributed by atoms with van der Waals surface area (Å²) in [6, 6.07) is 0.0248. The van der Waals surface area contributed by atoms with Crippen LogP contribution in [0.4, 0.5) is 13.2 Å². The van der Waals surface area contributed by atoms with Gasteiger partial charge in [-0.2, -0.15) is 13.2 Å². The minimum Gasteiger partial charge on any atom is -0.375 e. The molecule has 0 aromatic rings. The summed E-state index contributed by atoms with van der Waals surface area (Å²) in [4.78, 5) is 0. The van der Waals surface area contributed by atoms with Crippen LogP contribution in [0.3, 0.4) is 0 Å². The Labute approximate surface area is 118 Å². The van der Waals surface area contributed by atoms with E-state index < -0.39 is 12.1 Å². The van der Waals surface area contributed by atoms with Gasteiger partial charge in [-0.15, -0.1) is 0 Å². The van der Waals surface area contributed by atoms with Crippen LogP contribution in [-0.2, 0) is 4.74 Å². The third kappa shape index (κ3) is 2.98. The zero-order chi connectivity index (χ0) is 14.2. The van der Waals surface area contributed by atoms with E-state index in [-0.39, 0.29) is 24.5 Å². The molecule has 1 aliphatic carbocycles. The Balaban J connectivity index is 1.63. The normalized spacial score (nSPS) is 38.2. The first-order valence-corrected chi connectivity index (χ1v) is 7.93. The van der Waals surface area contributed by atoms with Gasteiger partial charge in [0.25, 0.3) is 0 Å². The standard InChI is InChI=1S/C15H24F3NO/c16-15(17,18)12-3-7-19-13(9-12)11-4-8-20-14(10-11)5-1-2-6-14/h11-13,19H,1-10H2. The van der Waals surface area contributed by atoms with E-state index in [0.717, 1.165) is 32.3 Å². The van der Waals surface area contributed by atoms with Crippen molar-refractivity contribution in [1.82, 2.24) is 5.32 Å². The highest BCUT2D eigenvalue weighted by atomic mass is 19.4. The first-order valence-electron chi connectivity index (χ1n) is 7.93. The summed E-state index contributed by atoms with van der Waals surface area (Å²) in [5, 5.41) is 3.34. The predicted molar refractivity (Wildman–Crippen MR) is 70.4 cm³/mol. The second kappa shape index (κ2) is 5.48. The SMILES string of the molecule is FC(F)(F)C1CCNC(C2CCOC3(CCCC3)C2)C1. The van der Waals surface area contributed by atoms with Crippen LogP contribution in [0.5, 0.6) is 0 Å². The second-order valence-corrected chi connectivity index (χ2v) is 6.81. The summed E-state index contributed by atoms with van der Waals surface area (Å²) in [7, 11) is 0. The van der Waals surface area contributed by atoms with E-state index in [0.29, 0.717) is 12.5 Å². The van der Waals surface area contributed by atoms with Gasteiger partial charge < -0.3 is 10.1 Å². The minimum atomic E-state index is -4.03. The molecule has 1 saturated carbocycles. The Morgan fingerprint density at radius 3 is 2.55 bits per heavy atom. The lowest BCUT2D eigenvalue weighted by molar-refractivity contribution is -0.186. The van der Waals surface area contributed by atoms with Gasteiger partial charge in [-0.05, 0) is 51.0 Å². The minimum absolute atomic E-state index is 0.00419. The molecule has 0 aromatic heterocycles. The van der Waals surface area contributed by atoms with E-state index in [2.05, 4.69) is 5.32 Å². The van der Waals surface area contributed by atoms with Gasteiger partial charge in [0.05, 0.1) is 11.5 Å². The summed E-state index contributed by atoms with van der Waals surface area (Å²) in [5.41, 5.74) is -0.00419. The van der Waals surface area contributed by atoms with Crippen LogP contribution in [-0.4, -0.2) is 31.0 Å². The van der Waals surface area contributed by atoms with Gasteiger partial charge in [0.2, 0.25) is 0 Å². The number of rotatable bonds is 1. The number of alkyl halides is 3. The maximum Gasteiger partial charge on any atom is 0.391 e. The van der Waals surface area contributed by atoms with Crippen molar-refractivity contribution in [2.45, 2.75) is 69.2 Å². The average Bonchev–Trinajstić information content (AvgIpc) is 2.86. The highest BCUT2D eigenvalue weighted by molar-refractivity contribution is 4.96. The number of piperidine rings is 1. The number of hydrogen-bond donors (Lipinski definition) is 1. The molecular weight excluding hydrogens is 267 g/mol. The molecule has 0 radical (unpaired) electrons. The maximum absolute atomic E-state index is 12.9. The van der Waals surface area contributed by atoms with E-state index in [4.69, 9.17) is 4.74 Å². The summed E-state index contributed by atoms with van der Waals surface area (Å²) in [6.07, 6.45) is 2.91. The summed E-state index contributed by atoms with van der Waals surface area (Å²) >= 11 is 0. The Hall–Kier alpha value is -0.290. The van der Waals surface area contributed by atoms with Crippen molar-refractivity contribution in [3.63, 3.8) is 0 Å². The van der Waals surface area contributed by atoms with Crippen molar-refractivity contribution >= 4 is 0 Å².